The molecule has 0 heterocycles. The van der Waals surface area contributed by atoms with Crippen molar-refractivity contribution in [3.8, 4) is 0 Å². The molecule has 0 spiro atoms. The Labute approximate surface area is 295 Å². The Balaban J connectivity index is 0.000000377. The minimum Gasteiger partial charge on any atom is -0.465 e. The molecule has 0 unspecified atom stereocenters. The van der Waals surface area contributed by atoms with Crippen molar-refractivity contribution in [3.05, 3.63) is 96.2 Å². The Bertz CT molecular complexity index is 1550. The first-order valence-corrected chi connectivity index (χ1v) is 16.3. The Morgan fingerprint density at radius 1 is 0.740 bits per heavy atom. The predicted octanol–water partition coefficient (Wildman–Crippen LogP) is 6.28. The topological polar surface area (TPSA) is 136 Å². The van der Waals surface area contributed by atoms with Crippen molar-refractivity contribution < 1.29 is 38.1 Å². The third-order valence-corrected chi connectivity index (χ3v) is 7.51. The lowest BCUT2D eigenvalue weighted by atomic mass is 10.1. The number of nitrogens with zero attached hydrogens (tertiary/aromatic N) is 2. The summed E-state index contributed by atoms with van der Waals surface area (Å²) in [6.07, 6.45) is 6.16. The van der Waals surface area contributed by atoms with Crippen LogP contribution in [0.2, 0.25) is 0 Å². The Hall–Kier alpha value is -5.20. The third kappa shape index (κ3) is 13.0. The van der Waals surface area contributed by atoms with E-state index in [0.29, 0.717) is 34.8 Å². The summed E-state index contributed by atoms with van der Waals surface area (Å²) in [5.74, 6) is -1.50. The lowest BCUT2D eigenvalue weighted by molar-refractivity contribution is -0.123. The molecule has 0 aromatic heterocycles. The number of carbonyl (C=O) groups is 4. The molecule has 3 aromatic rings. The van der Waals surface area contributed by atoms with E-state index in [1.165, 1.54) is 56.6 Å². The van der Waals surface area contributed by atoms with E-state index in [-0.39, 0.29) is 25.0 Å². The minimum absolute atomic E-state index is 0.0732. The normalized spacial score (nSPS) is 10.2. The Morgan fingerprint density at radius 2 is 1.30 bits per heavy atom. The van der Waals surface area contributed by atoms with E-state index >= 15 is 0 Å². The number of hydrogen-bond acceptors (Lipinski definition) is 10. The zero-order chi connectivity index (χ0) is 36.9. The summed E-state index contributed by atoms with van der Waals surface area (Å²) in [6, 6.07) is 20.0. The predicted molar refractivity (Wildman–Crippen MR) is 197 cm³/mol. The SMILES string of the molecule is C=CNc1ccc(C(=O)OC)c(N(C)C(=O)COC)c1.CCCCCCNc1ccc(C(=O)OC)c(N(C)C(=O)COCc2ccccc2)c1. The molecule has 0 radical (unpaired) electrons. The van der Waals surface area contributed by atoms with Crippen LogP contribution in [-0.2, 0) is 35.1 Å². The van der Waals surface area contributed by atoms with Gasteiger partial charge in [0.2, 0.25) is 0 Å². The highest BCUT2D eigenvalue weighted by Crippen LogP contribution is 2.27. The summed E-state index contributed by atoms with van der Waals surface area (Å²) in [5.41, 5.74) is 4.14. The van der Waals surface area contributed by atoms with Crippen molar-refractivity contribution in [2.24, 2.45) is 0 Å². The van der Waals surface area contributed by atoms with Gasteiger partial charge in [-0.05, 0) is 54.6 Å². The third-order valence-electron chi connectivity index (χ3n) is 7.51. The standard InChI is InChI=1S/C24H32N2O4.C14H18N2O4/c1-4-5-6-10-15-25-20-13-14-21(24(28)29-3)22(16-20)26(2)23(27)18-30-17-19-11-8-7-9-12-19;1-5-15-10-6-7-11(14(18)20-4)12(8-10)16(2)13(17)9-19-3/h7-9,11-14,16,25H,4-6,10,15,17-18H2,1-3H3;5-8,15H,1,9H2,2-4H3. The van der Waals surface area contributed by atoms with Crippen molar-refractivity contribution in [3.63, 3.8) is 0 Å². The fraction of sp³-hybridized carbons (Fsp3) is 0.368. The molecule has 12 heteroatoms. The fourth-order valence-corrected chi connectivity index (χ4v) is 4.70. The highest BCUT2D eigenvalue weighted by Gasteiger charge is 2.21. The van der Waals surface area contributed by atoms with Gasteiger partial charge in [-0.2, -0.15) is 0 Å². The van der Waals surface area contributed by atoms with Crippen LogP contribution >= 0.6 is 0 Å². The van der Waals surface area contributed by atoms with Crippen molar-refractivity contribution in [1.29, 1.82) is 0 Å². The maximum Gasteiger partial charge on any atom is 0.339 e. The van der Waals surface area contributed by atoms with Crippen molar-refractivity contribution in [1.82, 2.24) is 0 Å². The monoisotopic (exact) mass is 690 g/mol. The van der Waals surface area contributed by atoms with E-state index in [2.05, 4.69) is 24.1 Å². The van der Waals surface area contributed by atoms with Crippen molar-refractivity contribution >= 4 is 46.5 Å². The number of rotatable bonds is 18. The minimum atomic E-state index is -0.512. The van der Waals surface area contributed by atoms with Crippen LogP contribution in [0.5, 0.6) is 0 Å². The molecular weight excluding hydrogens is 640 g/mol. The van der Waals surface area contributed by atoms with Gasteiger partial charge < -0.3 is 39.4 Å². The lowest BCUT2D eigenvalue weighted by Crippen LogP contribution is -2.31. The lowest BCUT2D eigenvalue weighted by Gasteiger charge is -2.21. The maximum atomic E-state index is 12.7. The number of methoxy groups -OCH3 is 3. The van der Waals surface area contributed by atoms with Gasteiger partial charge in [0.1, 0.15) is 13.2 Å². The second kappa shape index (κ2) is 22.4. The number of esters is 2. The summed E-state index contributed by atoms with van der Waals surface area (Å²) in [7, 11) is 7.26. The van der Waals surface area contributed by atoms with Gasteiger partial charge in [0, 0.05) is 39.1 Å². The van der Waals surface area contributed by atoms with E-state index < -0.39 is 11.9 Å². The molecule has 50 heavy (non-hydrogen) atoms. The van der Waals surface area contributed by atoms with Crippen LogP contribution in [0.25, 0.3) is 0 Å². The van der Waals surface area contributed by atoms with Gasteiger partial charge >= 0.3 is 11.9 Å². The number of likely N-dealkylation sites (N-methyl/N-ethyl adjacent to an activating group) is 2. The molecule has 0 saturated heterocycles. The highest BCUT2D eigenvalue weighted by molar-refractivity contribution is 6.04. The molecule has 0 fully saturated rings. The van der Waals surface area contributed by atoms with Crippen LogP contribution in [0, 0.1) is 0 Å². The second-order valence-corrected chi connectivity index (χ2v) is 11.1. The highest BCUT2D eigenvalue weighted by atomic mass is 16.5. The molecule has 0 atom stereocenters. The quantitative estimate of drug-likeness (QED) is 0.116. The number of benzene rings is 3. The Morgan fingerprint density at radius 3 is 1.84 bits per heavy atom. The number of carbonyl (C=O) groups excluding carboxylic acids is 4. The van der Waals surface area contributed by atoms with Crippen LogP contribution < -0.4 is 20.4 Å². The fourth-order valence-electron chi connectivity index (χ4n) is 4.70. The summed E-state index contributed by atoms with van der Waals surface area (Å²) >= 11 is 0. The first-order valence-electron chi connectivity index (χ1n) is 16.3. The summed E-state index contributed by atoms with van der Waals surface area (Å²) in [4.78, 5) is 51.3. The average molecular weight is 691 g/mol. The van der Waals surface area contributed by atoms with Gasteiger partial charge in [-0.15, -0.1) is 0 Å². The number of hydrogen-bond donors (Lipinski definition) is 2. The summed E-state index contributed by atoms with van der Waals surface area (Å²) in [6.45, 7) is 6.78. The van der Waals surface area contributed by atoms with E-state index in [4.69, 9.17) is 18.9 Å². The van der Waals surface area contributed by atoms with Crippen LogP contribution in [0.15, 0.2) is 79.5 Å². The maximum absolute atomic E-state index is 12.7. The molecular formula is C38H50N4O8. The van der Waals surface area contributed by atoms with Crippen molar-refractivity contribution in [2.45, 2.75) is 39.2 Å². The molecule has 270 valence electrons. The van der Waals surface area contributed by atoms with Gasteiger partial charge in [0.15, 0.2) is 0 Å². The van der Waals surface area contributed by atoms with Gasteiger partial charge in [0.05, 0.1) is 43.3 Å². The van der Waals surface area contributed by atoms with Gasteiger partial charge in [-0.25, -0.2) is 9.59 Å². The molecule has 2 amide bonds. The molecule has 3 aromatic carbocycles. The Kier molecular flexibility index (Phi) is 18.4. The number of anilines is 4. The number of ether oxygens (including phenoxy) is 4. The first kappa shape index (κ1) is 41.0. The van der Waals surface area contributed by atoms with E-state index in [9.17, 15) is 19.2 Å². The van der Waals surface area contributed by atoms with Crippen LogP contribution in [0.4, 0.5) is 22.7 Å². The first-order chi connectivity index (χ1) is 24.1. The van der Waals surface area contributed by atoms with Crippen molar-refractivity contribution in [2.75, 3.05) is 75.6 Å². The van der Waals surface area contributed by atoms with E-state index in [1.54, 1.807) is 44.4 Å². The van der Waals surface area contributed by atoms with Gasteiger partial charge in [-0.1, -0.05) is 63.1 Å². The summed E-state index contributed by atoms with van der Waals surface area (Å²) < 4.78 is 20.0. The van der Waals surface area contributed by atoms with Gasteiger partial charge in [0.25, 0.3) is 11.8 Å². The molecule has 2 N–H and O–H groups in total. The molecule has 3 rings (SSSR count). The molecule has 0 aliphatic rings. The molecule has 0 aliphatic carbocycles. The smallest absolute Gasteiger partial charge is 0.339 e. The summed E-state index contributed by atoms with van der Waals surface area (Å²) in [5, 5.41) is 6.27. The number of nitrogens with one attached hydrogen (secondary N) is 2. The molecule has 0 aliphatic heterocycles. The zero-order valence-corrected chi connectivity index (χ0v) is 30.0. The number of unbranched alkanes of at least 4 members (excludes halogenated alkanes) is 3. The molecule has 0 bridgehead atoms. The zero-order valence-electron chi connectivity index (χ0n) is 30.0. The average Bonchev–Trinajstić information content (AvgIpc) is 3.14. The largest absolute Gasteiger partial charge is 0.465 e. The van der Waals surface area contributed by atoms with Crippen LogP contribution in [-0.4, -0.2) is 78.9 Å². The van der Waals surface area contributed by atoms with Gasteiger partial charge in [-0.3, -0.25) is 9.59 Å². The van der Waals surface area contributed by atoms with E-state index in [1.807, 2.05) is 36.4 Å². The second-order valence-electron chi connectivity index (χ2n) is 11.1. The van der Waals surface area contributed by atoms with E-state index in [0.717, 1.165) is 24.2 Å². The van der Waals surface area contributed by atoms with Crippen LogP contribution in [0.3, 0.4) is 0 Å². The number of amides is 2. The van der Waals surface area contributed by atoms with Crippen LogP contribution in [0.1, 0.15) is 58.9 Å². The molecule has 0 saturated carbocycles. The molecule has 12 nitrogen and oxygen atoms in total.